The highest BCUT2D eigenvalue weighted by atomic mass is 35.5. The summed E-state index contributed by atoms with van der Waals surface area (Å²) in [6.07, 6.45) is 6.93. The summed E-state index contributed by atoms with van der Waals surface area (Å²) in [6, 6.07) is 0. The molecule has 3 unspecified atom stereocenters. The van der Waals surface area contributed by atoms with Crippen LogP contribution in [0.1, 0.15) is 25.7 Å². The molecule has 1 heterocycles. The van der Waals surface area contributed by atoms with Crippen LogP contribution in [0, 0.1) is 17.8 Å². The average molecular weight is 268 g/mol. The van der Waals surface area contributed by atoms with Gasteiger partial charge >= 0.3 is 0 Å². The maximum atomic E-state index is 11.5. The first-order valence-corrected chi connectivity index (χ1v) is 6.97. The van der Waals surface area contributed by atoms with Crippen LogP contribution in [0.25, 0.3) is 0 Å². The molecule has 0 saturated heterocycles. The number of aromatic nitrogens is 2. The van der Waals surface area contributed by atoms with Crippen LogP contribution in [0.5, 0.6) is 0 Å². The molecule has 0 aromatic carbocycles. The highest BCUT2D eigenvalue weighted by Crippen LogP contribution is 2.48. The van der Waals surface area contributed by atoms with Crippen LogP contribution in [-0.4, -0.2) is 23.6 Å². The Kier molecular flexibility index (Phi) is 3.06. The molecule has 2 bridgehead atoms. The van der Waals surface area contributed by atoms with Crippen molar-refractivity contribution in [2.75, 3.05) is 18.5 Å². The molecule has 2 saturated carbocycles. The van der Waals surface area contributed by atoms with E-state index in [4.69, 9.17) is 11.6 Å². The first-order valence-electron chi connectivity index (χ1n) is 6.59. The van der Waals surface area contributed by atoms with Crippen molar-refractivity contribution in [3.63, 3.8) is 0 Å². The molecule has 0 radical (unpaired) electrons. The number of aromatic amines is 1. The van der Waals surface area contributed by atoms with Gasteiger partial charge in [0.15, 0.2) is 5.82 Å². The summed E-state index contributed by atoms with van der Waals surface area (Å²) in [7, 11) is 1.97. The maximum Gasteiger partial charge on any atom is 0.271 e. The second-order valence-electron chi connectivity index (χ2n) is 5.68. The number of nitrogens with zero attached hydrogens (tertiary/aromatic N) is 2. The lowest BCUT2D eigenvalue weighted by Crippen LogP contribution is -2.30. The van der Waals surface area contributed by atoms with Crippen LogP contribution in [0.15, 0.2) is 11.1 Å². The second kappa shape index (κ2) is 4.57. The van der Waals surface area contributed by atoms with Crippen LogP contribution in [0.3, 0.4) is 0 Å². The molecule has 18 heavy (non-hydrogen) atoms. The third-order valence-electron chi connectivity index (χ3n) is 4.53. The molecule has 5 heteroatoms. The van der Waals surface area contributed by atoms with Crippen molar-refractivity contribution >= 4 is 17.4 Å². The summed E-state index contributed by atoms with van der Waals surface area (Å²) in [4.78, 5) is 20.2. The number of nitrogens with one attached hydrogen (secondary N) is 1. The molecular weight excluding hydrogens is 250 g/mol. The standard InChI is InChI=1S/C13H18ClN3O/c1-17(12-11(14)13(18)16-7-15-12)6-10-5-8-2-3-9(10)4-8/h7-10H,2-6H2,1H3,(H,15,16,18). The van der Waals surface area contributed by atoms with Crippen molar-refractivity contribution in [3.8, 4) is 0 Å². The Hall–Kier alpha value is -1.03. The number of hydrogen-bond donors (Lipinski definition) is 1. The van der Waals surface area contributed by atoms with Gasteiger partial charge in [0.2, 0.25) is 0 Å². The van der Waals surface area contributed by atoms with Gasteiger partial charge in [0.25, 0.3) is 5.56 Å². The number of rotatable bonds is 3. The average Bonchev–Trinajstić information content (AvgIpc) is 2.94. The van der Waals surface area contributed by atoms with Gasteiger partial charge in [-0.1, -0.05) is 18.0 Å². The second-order valence-corrected chi connectivity index (χ2v) is 6.06. The van der Waals surface area contributed by atoms with E-state index in [0.29, 0.717) is 5.82 Å². The van der Waals surface area contributed by atoms with Crippen LogP contribution < -0.4 is 10.5 Å². The van der Waals surface area contributed by atoms with Crippen LogP contribution >= 0.6 is 11.6 Å². The van der Waals surface area contributed by atoms with Crippen molar-refractivity contribution < 1.29 is 0 Å². The first kappa shape index (κ1) is 12.0. The van der Waals surface area contributed by atoms with E-state index in [0.717, 1.165) is 24.3 Å². The monoisotopic (exact) mass is 267 g/mol. The van der Waals surface area contributed by atoms with Crippen molar-refractivity contribution in [1.82, 2.24) is 9.97 Å². The highest BCUT2D eigenvalue weighted by molar-refractivity contribution is 6.32. The molecule has 2 aliphatic carbocycles. The quantitative estimate of drug-likeness (QED) is 0.914. The maximum absolute atomic E-state index is 11.5. The van der Waals surface area contributed by atoms with E-state index in [1.165, 1.54) is 32.0 Å². The van der Waals surface area contributed by atoms with E-state index in [2.05, 4.69) is 9.97 Å². The van der Waals surface area contributed by atoms with Gasteiger partial charge in [0.1, 0.15) is 5.02 Å². The van der Waals surface area contributed by atoms with Crippen molar-refractivity contribution in [1.29, 1.82) is 0 Å². The zero-order valence-electron chi connectivity index (χ0n) is 10.5. The largest absolute Gasteiger partial charge is 0.358 e. The normalized spacial score (nSPS) is 29.8. The SMILES string of the molecule is CN(CC1CC2CCC1C2)c1nc[nH]c(=O)c1Cl. The fraction of sp³-hybridized carbons (Fsp3) is 0.692. The summed E-state index contributed by atoms with van der Waals surface area (Å²) in [5, 5.41) is 0.197. The molecule has 0 aliphatic heterocycles. The molecule has 4 nitrogen and oxygen atoms in total. The van der Waals surface area contributed by atoms with Gasteiger partial charge < -0.3 is 9.88 Å². The lowest BCUT2D eigenvalue weighted by molar-refractivity contribution is 0.337. The van der Waals surface area contributed by atoms with Gasteiger partial charge in [-0.3, -0.25) is 4.79 Å². The number of halogens is 1. The van der Waals surface area contributed by atoms with Gasteiger partial charge in [0.05, 0.1) is 6.33 Å². The van der Waals surface area contributed by atoms with E-state index in [9.17, 15) is 4.79 Å². The Morgan fingerprint density at radius 2 is 2.33 bits per heavy atom. The summed E-state index contributed by atoms with van der Waals surface area (Å²) in [6.45, 7) is 0.956. The number of hydrogen-bond acceptors (Lipinski definition) is 3. The van der Waals surface area contributed by atoms with Gasteiger partial charge in [-0.15, -0.1) is 0 Å². The summed E-state index contributed by atoms with van der Waals surface area (Å²) >= 11 is 6.00. The molecule has 2 aliphatic rings. The minimum absolute atomic E-state index is 0.197. The van der Waals surface area contributed by atoms with Gasteiger partial charge in [-0.2, -0.15) is 0 Å². The summed E-state index contributed by atoms with van der Waals surface area (Å²) in [5.74, 6) is 3.16. The molecule has 98 valence electrons. The predicted molar refractivity (Wildman–Crippen MR) is 72.1 cm³/mol. The number of H-pyrrole nitrogens is 1. The fourth-order valence-corrected chi connectivity index (χ4v) is 3.93. The molecule has 0 amide bonds. The number of anilines is 1. The molecule has 1 aromatic heterocycles. The molecule has 1 N–H and O–H groups in total. The number of fused-ring (bicyclic) bond motifs is 2. The first-order chi connectivity index (χ1) is 8.65. The van der Waals surface area contributed by atoms with Gasteiger partial charge in [0, 0.05) is 13.6 Å². The van der Waals surface area contributed by atoms with Crippen molar-refractivity contribution in [2.45, 2.75) is 25.7 Å². The smallest absolute Gasteiger partial charge is 0.271 e. The third-order valence-corrected chi connectivity index (χ3v) is 4.87. The molecular formula is C13H18ClN3O. The zero-order chi connectivity index (χ0) is 12.7. The third kappa shape index (κ3) is 2.03. The van der Waals surface area contributed by atoms with E-state index >= 15 is 0 Å². The van der Waals surface area contributed by atoms with Crippen LogP contribution in [-0.2, 0) is 0 Å². The van der Waals surface area contributed by atoms with E-state index in [1.807, 2.05) is 11.9 Å². The van der Waals surface area contributed by atoms with E-state index in [1.54, 1.807) is 0 Å². The fourth-order valence-electron chi connectivity index (χ4n) is 3.68. The molecule has 3 rings (SSSR count). The minimum Gasteiger partial charge on any atom is -0.358 e. The predicted octanol–water partition coefficient (Wildman–Crippen LogP) is 2.30. The summed E-state index contributed by atoms with van der Waals surface area (Å²) < 4.78 is 0. The Morgan fingerprint density at radius 3 is 3.00 bits per heavy atom. The minimum atomic E-state index is -0.263. The highest BCUT2D eigenvalue weighted by Gasteiger charge is 2.39. The zero-order valence-corrected chi connectivity index (χ0v) is 11.3. The van der Waals surface area contributed by atoms with Crippen molar-refractivity contribution in [2.24, 2.45) is 17.8 Å². The van der Waals surface area contributed by atoms with Crippen LogP contribution in [0.2, 0.25) is 5.02 Å². The Morgan fingerprint density at radius 1 is 1.50 bits per heavy atom. The van der Waals surface area contributed by atoms with Crippen LogP contribution in [0.4, 0.5) is 5.82 Å². The lowest BCUT2D eigenvalue weighted by Gasteiger charge is -2.28. The molecule has 0 spiro atoms. The van der Waals surface area contributed by atoms with E-state index < -0.39 is 0 Å². The Labute approximate surface area is 111 Å². The topological polar surface area (TPSA) is 49.0 Å². The molecule has 3 atom stereocenters. The van der Waals surface area contributed by atoms with Crippen molar-refractivity contribution in [3.05, 3.63) is 21.7 Å². The van der Waals surface area contributed by atoms with E-state index in [-0.39, 0.29) is 10.6 Å². The van der Waals surface area contributed by atoms with Gasteiger partial charge in [-0.05, 0) is 37.0 Å². The lowest BCUT2D eigenvalue weighted by atomic mass is 9.88. The summed E-state index contributed by atoms with van der Waals surface area (Å²) in [5.41, 5.74) is -0.263. The molecule has 2 fully saturated rings. The molecule has 1 aromatic rings. The Bertz CT molecular complexity index is 501. The van der Waals surface area contributed by atoms with Gasteiger partial charge in [-0.25, -0.2) is 4.98 Å². The Balaban J connectivity index is 1.73.